The molecule has 0 saturated heterocycles. The van der Waals surface area contributed by atoms with Gasteiger partial charge in [-0.25, -0.2) is 9.48 Å². The molecule has 0 aliphatic heterocycles. The van der Waals surface area contributed by atoms with Crippen molar-refractivity contribution in [2.24, 2.45) is 0 Å². The molecule has 0 radical (unpaired) electrons. The molecule has 4 rings (SSSR count). The number of rotatable bonds is 2. The Bertz CT molecular complexity index is 987. The zero-order valence-electron chi connectivity index (χ0n) is 10.7. The van der Waals surface area contributed by atoms with Crippen molar-refractivity contribution in [1.82, 2.24) is 15.0 Å². The van der Waals surface area contributed by atoms with E-state index in [1.807, 2.05) is 17.5 Å². The first-order chi connectivity index (χ1) is 10.2. The first kappa shape index (κ1) is 12.0. The summed E-state index contributed by atoms with van der Waals surface area (Å²) >= 11 is 1.69. The van der Waals surface area contributed by atoms with Crippen molar-refractivity contribution in [1.29, 1.82) is 0 Å². The van der Waals surface area contributed by atoms with Gasteiger partial charge in [0.25, 0.3) is 0 Å². The van der Waals surface area contributed by atoms with Crippen molar-refractivity contribution in [2.75, 3.05) is 0 Å². The van der Waals surface area contributed by atoms with Crippen molar-refractivity contribution in [2.45, 2.75) is 0 Å². The predicted octanol–water partition coefficient (Wildman–Crippen LogP) is 3.33. The molecule has 6 heteroatoms. The molecular weight excluding hydrogens is 286 g/mol. The van der Waals surface area contributed by atoms with E-state index in [0.717, 1.165) is 16.6 Å². The Labute approximate surface area is 123 Å². The van der Waals surface area contributed by atoms with Crippen molar-refractivity contribution in [3.63, 3.8) is 0 Å². The standard InChI is InChI=1S/C15H9N3O2S/c19-15(20)10-1-3-13-12(8-10)16-17-18(13)11-2-4-14-9(7-11)5-6-21-14/h1-8H,(H,19,20). The summed E-state index contributed by atoms with van der Waals surface area (Å²) in [5, 5.41) is 20.4. The molecule has 0 unspecified atom stereocenters. The van der Waals surface area contributed by atoms with Crippen molar-refractivity contribution in [3.05, 3.63) is 53.4 Å². The lowest BCUT2D eigenvalue weighted by molar-refractivity contribution is 0.0697. The SMILES string of the molecule is O=C(O)c1ccc2c(c1)nnn2-c1ccc2sccc2c1. The van der Waals surface area contributed by atoms with Crippen LogP contribution in [0.3, 0.4) is 0 Å². The maximum absolute atomic E-state index is 11.0. The highest BCUT2D eigenvalue weighted by Gasteiger charge is 2.10. The number of hydrogen-bond donors (Lipinski definition) is 1. The van der Waals surface area contributed by atoms with E-state index in [0.29, 0.717) is 5.52 Å². The summed E-state index contributed by atoms with van der Waals surface area (Å²) in [5.74, 6) is -0.967. The van der Waals surface area contributed by atoms with Crippen LogP contribution in [0.4, 0.5) is 0 Å². The molecule has 4 aromatic rings. The van der Waals surface area contributed by atoms with E-state index in [9.17, 15) is 4.79 Å². The van der Waals surface area contributed by atoms with Crippen molar-refractivity contribution >= 4 is 38.4 Å². The van der Waals surface area contributed by atoms with Gasteiger partial charge >= 0.3 is 5.97 Å². The van der Waals surface area contributed by atoms with Gasteiger partial charge in [-0.1, -0.05) is 5.21 Å². The molecule has 102 valence electrons. The van der Waals surface area contributed by atoms with E-state index >= 15 is 0 Å². The summed E-state index contributed by atoms with van der Waals surface area (Å²) in [4.78, 5) is 11.0. The lowest BCUT2D eigenvalue weighted by Gasteiger charge is -2.02. The van der Waals surface area contributed by atoms with Crippen LogP contribution in [0.25, 0.3) is 26.8 Å². The normalized spacial score (nSPS) is 11.2. The quantitative estimate of drug-likeness (QED) is 0.616. The molecule has 0 amide bonds. The first-order valence-electron chi connectivity index (χ1n) is 6.29. The monoisotopic (exact) mass is 295 g/mol. The molecule has 0 spiro atoms. The van der Waals surface area contributed by atoms with Gasteiger partial charge in [-0.3, -0.25) is 0 Å². The maximum Gasteiger partial charge on any atom is 0.335 e. The summed E-state index contributed by atoms with van der Waals surface area (Å²) < 4.78 is 2.94. The van der Waals surface area contributed by atoms with Crippen LogP contribution in [0.1, 0.15) is 10.4 Å². The molecule has 1 N–H and O–H groups in total. The highest BCUT2D eigenvalue weighted by Crippen LogP contribution is 2.25. The third kappa shape index (κ3) is 1.88. The van der Waals surface area contributed by atoms with Crippen LogP contribution < -0.4 is 0 Å². The van der Waals surface area contributed by atoms with Crippen LogP contribution in [0.5, 0.6) is 0 Å². The minimum absolute atomic E-state index is 0.211. The fourth-order valence-electron chi connectivity index (χ4n) is 2.33. The molecule has 0 bridgehead atoms. The number of fused-ring (bicyclic) bond motifs is 2. The number of carboxylic acid groups (broad SMARTS) is 1. The van der Waals surface area contributed by atoms with Gasteiger partial charge in [0.05, 0.1) is 16.8 Å². The van der Waals surface area contributed by atoms with Gasteiger partial charge in [0, 0.05) is 4.70 Å². The molecule has 2 heterocycles. The van der Waals surface area contributed by atoms with Crippen LogP contribution in [-0.2, 0) is 0 Å². The number of carboxylic acids is 1. The maximum atomic E-state index is 11.0. The Morgan fingerprint density at radius 3 is 2.90 bits per heavy atom. The van der Waals surface area contributed by atoms with E-state index in [1.165, 1.54) is 10.8 Å². The third-order valence-electron chi connectivity index (χ3n) is 3.37. The molecule has 5 nitrogen and oxygen atoms in total. The average molecular weight is 295 g/mol. The Morgan fingerprint density at radius 2 is 2.05 bits per heavy atom. The number of hydrogen-bond acceptors (Lipinski definition) is 4. The van der Waals surface area contributed by atoms with Crippen LogP contribution in [0.2, 0.25) is 0 Å². The van der Waals surface area contributed by atoms with Gasteiger partial charge in [-0.15, -0.1) is 16.4 Å². The minimum atomic E-state index is -0.967. The molecule has 0 aliphatic carbocycles. The fraction of sp³-hybridized carbons (Fsp3) is 0. The summed E-state index contributed by atoms with van der Waals surface area (Å²) in [6.45, 7) is 0. The second kappa shape index (κ2) is 4.39. The van der Waals surface area contributed by atoms with E-state index < -0.39 is 5.97 Å². The molecule has 21 heavy (non-hydrogen) atoms. The number of thiophene rings is 1. The van der Waals surface area contributed by atoms with E-state index in [-0.39, 0.29) is 5.56 Å². The lowest BCUT2D eigenvalue weighted by atomic mass is 10.2. The van der Waals surface area contributed by atoms with Gasteiger partial charge in [0.1, 0.15) is 5.52 Å². The third-order valence-corrected chi connectivity index (χ3v) is 4.27. The van der Waals surface area contributed by atoms with Crippen LogP contribution in [0.15, 0.2) is 47.8 Å². The molecule has 2 aromatic carbocycles. The Morgan fingerprint density at radius 1 is 1.14 bits per heavy atom. The average Bonchev–Trinajstić information content (AvgIpc) is 3.12. The highest BCUT2D eigenvalue weighted by molar-refractivity contribution is 7.17. The molecule has 0 aliphatic rings. The summed E-state index contributed by atoms with van der Waals surface area (Å²) in [5.41, 5.74) is 2.48. The molecule has 0 atom stereocenters. The highest BCUT2D eigenvalue weighted by atomic mass is 32.1. The summed E-state index contributed by atoms with van der Waals surface area (Å²) in [6, 6.07) is 13.0. The minimum Gasteiger partial charge on any atom is -0.478 e. The first-order valence-corrected chi connectivity index (χ1v) is 7.17. The molecule has 0 saturated carbocycles. The molecule has 0 fully saturated rings. The topological polar surface area (TPSA) is 68.0 Å². The zero-order chi connectivity index (χ0) is 14.4. The largest absolute Gasteiger partial charge is 0.478 e. The summed E-state index contributed by atoms with van der Waals surface area (Å²) in [7, 11) is 0. The van der Waals surface area contributed by atoms with Gasteiger partial charge in [0.2, 0.25) is 0 Å². The Hall–Kier alpha value is -2.73. The summed E-state index contributed by atoms with van der Waals surface area (Å²) in [6.07, 6.45) is 0. The second-order valence-electron chi connectivity index (χ2n) is 4.65. The molecular formula is C15H9N3O2S. The number of carbonyl (C=O) groups is 1. The van der Waals surface area contributed by atoms with Crippen LogP contribution in [-0.4, -0.2) is 26.1 Å². The predicted molar refractivity (Wildman–Crippen MR) is 81.2 cm³/mol. The Balaban J connectivity index is 1.91. The number of aromatic nitrogens is 3. The van der Waals surface area contributed by atoms with Gasteiger partial charge in [-0.05, 0) is 53.2 Å². The Kier molecular flexibility index (Phi) is 2.52. The van der Waals surface area contributed by atoms with E-state index in [2.05, 4.69) is 22.4 Å². The van der Waals surface area contributed by atoms with Crippen LogP contribution >= 0.6 is 11.3 Å². The van der Waals surface area contributed by atoms with E-state index in [4.69, 9.17) is 5.11 Å². The number of nitrogens with zero attached hydrogens (tertiary/aromatic N) is 3. The smallest absolute Gasteiger partial charge is 0.335 e. The second-order valence-corrected chi connectivity index (χ2v) is 5.60. The van der Waals surface area contributed by atoms with Gasteiger partial charge in [-0.2, -0.15) is 0 Å². The fourth-order valence-corrected chi connectivity index (χ4v) is 3.10. The van der Waals surface area contributed by atoms with Gasteiger partial charge < -0.3 is 5.11 Å². The number of aromatic carboxylic acids is 1. The number of benzene rings is 2. The molecule has 2 aromatic heterocycles. The van der Waals surface area contributed by atoms with E-state index in [1.54, 1.807) is 28.2 Å². The van der Waals surface area contributed by atoms with Gasteiger partial charge in [0.15, 0.2) is 0 Å². The lowest BCUT2D eigenvalue weighted by Crippen LogP contribution is -1.97. The van der Waals surface area contributed by atoms with Crippen LogP contribution in [0, 0.1) is 0 Å². The zero-order valence-corrected chi connectivity index (χ0v) is 11.5. The van der Waals surface area contributed by atoms with Crippen molar-refractivity contribution in [3.8, 4) is 5.69 Å². The van der Waals surface area contributed by atoms with Crippen molar-refractivity contribution < 1.29 is 9.90 Å².